The van der Waals surface area contributed by atoms with Crippen LogP contribution in [-0.2, 0) is 4.74 Å². The van der Waals surface area contributed by atoms with Crippen molar-refractivity contribution in [2.45, 2.75) is 70.8 Å². The van der Waals surface area contributed by atoms with Crippen molar-refractivity contribution < 1.29 is 4.74 Å². The number of nitrogens with one attached hydrogen (secondary N) is 3. The number of anilines is 3. The highest BCUT2D eigenvalue weighted by Gasteiger charge is 2.38. The second-order valence-corrected chi connectivity index (χ2v) is 12.6. The maximum absolute atomic E-state index is 6.17. The van der Waals surface area contributed by atoms with Gasteiger partial charge in [-0.15, -0.1) is 0 Å². The lowest BCUT2D eigenvalue weighted by Crippen LogP contribution is -2.47. The van der Waals surface area contributed by atoms with Gasteiger partial charge < -0.3 is 31.3 Å². The molecular weight excluding hydrogens is 488 g/mol. The fraction of sp³-hybridized carbons (Fsp3) is 0.867. The molecule has 220 valence electrons. The highest BCUT2D eigenvalue weighted by atomic mass is 16.5. The summed E-state index contributed by atoms with van der Waals surface area (Å²) >= 11 is 0. The highest BCUT2D eigenvalue weighted by molar-refractivity contribution is 5.51. The Morgan fingerprint density at radius 1 is 0.949 bits per heavy atom. The van der Waals surface area contributed by atoms with E-state index >= 15 is 0 Å². The minimum absolute atomic E-state index is 0.543. The molecule has 1 aliphatic heterocycles. The standard InChI is InChI=1S/C30H54N8O/c1-2-39-17-16-37-12-14-38(15-13-37)29-20-28(31)35-30(36-29)34-22-24-6-4-23(5-7-24)21-32-10-3-11-33-27-19-25-8-9-26(27)18-25/h20,23-27,32-33H,2-19,21-22H2,1H3,(H3,31,34,35,36)/t23?,24?,25-,26+,27?/m1/s1. The van der Waals surface area contributed by atoms with Gasteiger partial charge in [0.2, 0.25) is 5.95 Å². The Labute approximate surface area is 236 Å². The molecule has 4 aliphatic rings. The van der Waals surface area contributed by atoms with Crippen molar-refractivity contribution in [3.05, 3.63) is 6.07 Å². The van der Waals surface area contributed by atoms with Crippen molar-refractivity contribution in [2.75, 3.05) is 88.1 Å². The van der Waals surface area contributed by atoms with Crippen molar-refractivity contribution in [2.24, 2.45) is 23.7 Å². The molecule has 0 aromatic carbocycles. The SMILES string of the molecule is CCOCCN1CCN(c2cc(N)nc(NCC3CCC(CNCCCNC4C[C@@H]5CC[C@H]4C5)CC3)n2)CC1. The molecule has 2 heterocycles. The van der Waals surface area contributed by atoms with E-state index in [0.717, 1.165) is 88.6 Å². The molecule has 3 aliphatic carbocycles. The lowest BCUT2D eigenvalue weighted by molar-refractivity contribution is 0.111. The Bertz CT molecular complexity index is 855. The summed E-state index contributed by atoms with van der Waals surface area (Å²) in [4.78, 5) is 14.1. The summed E-state index contributed by atoms with van der Waals surface area (Å²) in [7, 11) is 0. The molecule has 1 unspecified atom stereocenters. The number of fused-ring (bicyclic) bond motifs is 2. The van der Waals surface area contributed by atoms with Crippen LogP contribution in [0.1, 0.15) is 64.7 Å². The molecule has 1 saturated heterocycles. The van der Waals surface area contributed by atoms with Gasteiger partial charge in [-0.3, -0.25) is 4.90 Å². The number of ether oxygens (including phenoxy) is 1. The van der Waals surface area contributed by atoms with E-state index in [-0.39, 0.29) is 0 Å². The summed E-state index contributed by atoms with van der Waals surface area (Å²) < 4.78 is 5.51. The van der Waals surface area contributed by atoms with Crippen LogP contribution in [0.5, 0.6) is 0 Å². The molecule has 5 rings (SSSR count). The molecule has 1 aromatic heterocycles. The monoisotopic (exact) mass is 542 g/mol. The third-order valence-corrected chi connectivity index (χ3v) is 9.81. The van der Waals surface area contributed by atoms with Crippen LogP contribution in [0.2, 0.25) is 0 Å². The average Bonchev–Trinajstić information content (AvgIpc) is 3.58. The van der Waals surface area contributed by atoms with Crippen LogP contribution in [0, 0.1) is 23.7 Å². The minimum atomic E-state index is 0.543. The molecule has 3 atom stereocenters. The first kappa shape index (κ1) is 28.8. The molecule has 5 N–H and O–H groups in total. The Morgan fingerprint density at radius 2 is 1.74 bits per heavy atom. The molecule has 0 radical (unpaired) electrons. The summed E-state index contributed by atoms with van der Waals surface area (Å²) in [6.07, 6.45) is 12.3. The smallest absolute Gasteiger partial charge is 0.226 e. The topological polar surface area (TPSA) is 104 Å². The fourth-order valence-electron chi connectivity index (χ4n) is 7.41. The maximum Gasteiger partial charge on any atom is 0.226 e. The van der Waals surface area contributed by atoms with E-state index in [9.17, 15) is 0 Å². The van der Waals surface area contributed by atoms with Crippen LogP contribution in [-0.4, -0.2) is 93.0 Å². The lowest BCUT2D eigenvalue weighted by atomic mass is 9.82. The predicted octanol–water partition coefficient (Wildman–Crippen LogP) is 3.19. The molecule has 39 heavy (non-hydrogen) atoms. The zero-order chi connectivity index (χ0) is 26.9. The van der Waals surface area contributed by atoms with Gasteiger partial charge in [0.15, 0.2) is 0 Å². The second-order valence-electron chi connectivity index (χ2n) is 12.6. The summed E-state index contributed by atoms with van der Waals surface area (Å²) in [5.41, 5.74) is 6.17. The number of nitrogens with two attached hydrogens (primary N) is 1. The zero-order valence-electron chi connectivity index (χ0n) is 24.4. The number of rotatable bonds is 15. The fourth-order valence-corrected chi connectivity index (χ4v) is 7.41. The van der Waals surface area contributed by atoms with E-state index in [4.69, 9.17) is 15.5 Å². The van der Waals surface area contributed by atoms with E-state index in [0.29, 0.717) is 17.7 Å². The van der Waals surface area contributed by atoms with Crippen molar-refractivity contribution in [3.63, 3.8) is 0 Å². The van der Waals surface area contributed by atoms with E-state index in [1.807, 2.05) is 13.0 Å². The largest absolute Gasteiger partial charge is 0.383 e. The second kappa shape index (κ2) is 14.8. The van der Waals surface area contributed by atoms with Crippen molar-refractivity contribution in [1.29, 1.82) is 0 Å². The normalized spacial score (nSPS) is 29.3. The van der Waals surface area contributed by atoms with E-state index in [1.165, 1.54) is 70.9 Å². The van der Waals surface area contributed by atoms with Gasteiger partial charge in [0.25, 0.3) is 0 Å². The van der Waals surface area contributed by atoms with Crippen LogP contribution in [0.3, 0.4) is 0 Å². The number of piperazine rings is 1. The highest BCUT2D eigenvalue weighted by Crippen LogP contribution is 2.44. The van der Waals surface area contributed by atoms with E-state index in [2.05, 4.69) is 30.7 Å². The molecule has 9 heteroatoms. The average molecular weight is 543 g/mol. The van der Waals surface area contributed by atoms with Crippen LogP contribution in [0.4, 0.5) is 17.6 Å². The van der Waals surface area contributed by atoms with Gasteiger partial charge in [0.05, 0.1) is 6.61 Å². The van der Waals surface area contributed by atoms with E-state index in [1.54, 1.807) is 0 Å². The van der Waals surface area contributed by atoms with Crippen LogP contribution in [0.15, 0.2) is 6.07 Å². The first-order valence-electron chi connectivity index (χ1n) is 16.0. The minimum Gasteiger partial charge on any atom is -0.383 e. The third-order valence-electron chi connectivity index (χ3n) is 9.81. The van der Waals surface area contributed by atoms with Crippen molar-refractivity contribution in [3.8, 4) is 0 Å². The van der Waals surface area contributed by atoms with Gasteiger partial charge in [-0.2, -0.15) is 9.97 Å². The molecule has 2 bridgehead atoms. The Balaban J connectivity index is 0.935. The molecule has 1 aromatic rings. The van der Waals surface area contributed by atoms with Crippen LogP contribution < -0.4 is 26.6 Å². The Kier molecular flexibility index (Phi) is 10.9. The molecule has 3 saturated carbocycles. The van der Waals surface area contributed by atoms with Crippen molar-refractivity contribution >= 4 is 17.6 Å². The number of nitrogens with zero attached hydrogens (tertiary/aromatic N) is 4. The van der Waals surface area contributed by atoms with Crippen LogP contribution >= 0.6 is 0 Å². The summed E-state index contributed by atoms with van der Waals surface area (Å²) in [5, 5.41) is 11.1. The number of hydrogen-bond donors (Lipinski definition) is 4. The maximum atomic E-state index is 6.17. The first-order valence-corrected chi connectivity index (χ1v) is 16.0. The molecular formula is C30H54N8O. The summed E-state index contributed by atoms with van der Waals surface area (Å²) in [6.45, 7) is 13.0. The van der Waals surface area contributed by atoms with Gasteiger partial charge >= 0.3 is 0 Å². The quantitative estimate of drug-likeness (QED) is 0.249. The van der Waals surface area contributed by atoms with Crippen LogP contribution in [0.25, 0.3) is 0 Å². The van der Waals surface area contributed by atoms with Gasteiger partial charge in [-0.25, -0.2) is 0 Å². The molecule has 0 spiro atoms. The van der Waals surface area contributed by atoms with Gasteiger partial charge in [0.1, 0.15) is 11.6 Å². The van der Waals surface area contributed by atoms with Crippen molar-refractivity contribution in [1.82, 2.24) is 25.5 Å². The first-order chi connectivity index (χ1) is 19.2. The Hall–Kier alpha value is -1.68. The molecule has 0 amide bonds. The third kappa shape index (κ3) is 8.65. The number of aromatic nitrogens is 2. The van der Waals surface area contributed by atoms with Gasteiger partial charge in [0, 0.05) is 58.0 Å². The lowest BCUT2D eigenvalue weighted by Gasteiger charge is -2.35. The molecule has 9 nitrogen and oxygen atoms in total. The number of nitrogen functional groups attached to an aromatic ring is 1. The van der Waals surface area contributed by atoms with E-state index < -0.39 is 0 Å². The Morgan fingerprint density at radius 3 is 2.46 bits per heavy atom. The zero-order valence-corrected chi connectivity index (χ0v) is 24.4. The summed E-state index contributed by atoms with van der Waals surface area (Å²) in [6, 6.07) is 2.73. The molecule has 4 fully saturated rings. The predicted molar refractivity (Wildman–Crippen MR) is 160 cm³/mol. The van der Waals surface area contributed by atoms with Gasteiger partial charge in [-0.05, 0) is 102 Å². The number of hydrogen-bond acceptors (Lipinski definition) is 9. The van der Waals surface area contributed by atoms with Gasteiger partial charge in [-0.1, -0.05) is 6.42 Å². The summed E-state index contributed by atoms with van der Waals surface area (Å²) in [5.74, 6) is 5.69.